The van der Waals surface area contributed by atoms with Gasteiger partial charge in [-0.1, -0.05) is 20.8 Å². The molecule has 1 amide bonds. The summed E-state index contributed by atoms with van der Waals surface area (Å²) in [5.41, 5.74) is 1.01. The van der Waals surface area contributed by atoms with Crippen LogP contribution in [-0.4, -0.2) is 17.7 Å². The minimum atomic E-state index is 0.106. The lowest BCUT2D eigenvalue weighted by atomic mass is 10.2. The van der Waals surface area contributed by atoms with Crippen molar-refractivity contribution in [3.8, 4) is 0 Å². The summed E-state index contributed by atoms with van der Waals surface area (Å²) < 4.78 is 0.207. The second-order valence-corrected chi connectivity index (χ2v) is 6.47. The zero-order valence-electron chi connectivity index (χ0n) is 9.44. The van der Waals surface area contributed by atoms with Crippen molar-refractivity contribution in [3.63, 3.8) is 0 Å². The molecule has 0 aliphatic heterocycles. The molecule has 0 aromatic heterocycles. The molecule has 1 aliphatic rings. The van der Waals surface area contributed by atoms with Gasteiger partial charge in [0.05, 0.1) is 0 Å². The predicted molar refractivity (Wildman–Crippen MR) is 62.3 cm³/mol. The van der Waals surface area contributed by atoms with E-state index in [1.807, 2.05) is 11.8 Å². The SMILES string of the molecule is CNC(=O)C1=C(SC(C)(C)C)CCC1. The van der Waals surface area contributed by atoms with E-state index in [9.17, 15) is 4.79 Å². The third-order valence-electron chi connectivity index (χ3n) is 2.10. The van der Waals surface area contributed by atoms with E-state index in [-0.39, 0.29) is 10.7 Å². The lowest BCUT2D eigenvalue weighted by Gasteiger charge is -2.19. The molecule has 80 valence electrons. The van der Waals surface area contributed by atoms with Gasteiger partial charge in [0.25, 0.3) is 0 Å². The standard InChI is InChI=1S/C11H19NOS/c1-11(2,3)14-9-7-5-6-8(9)10(13)12-4/h5-7H2,1-4H3,(H,12,13). The molecule has 0 atom stereocenters. The smallest absolute Gasteiger partial charge is 0.247 e. The maximum Gasteiger partial charge on any atom is 0.247 e. The van der Waals surface area contributed by atoms with Gasteiger partial charge in [0.15, 0.2) is 0 Å². The molecule has 0 saturated heterocycles. The van der Waals surface area contributed by atoms with Crippen LogP contribution in [0.3, 0.4) is 0 Å². The van der Waals surface area contributed by atoms with Crippen LogP contribution in [0.4, 0.5) is 0 Å². The minimum Gasteiger partial charge on any atom is -0.355 e. The monoisotopic (exact) mass is 213 g/mol. The van der Waals surface area contributed by atoms with Crippen molar-refractivity contribution in [2.24, 2.45) is 0 Å². The number of allylic oxidation sites excluding steroid dienone is 1. The first-order valence-corrected chi connectivity index (χ1v) is 5.89. The summed E-state index contributed by atoms with van der Waals surface area (Å²) in [6.07, 6.45) is 3.14. The first-order valence-electron chi connectivity index (χ1n) is 5.07. The van der Waals surface area contributed by atoms with Gasteiger partial charge >= 0.3 is 0 Å². The lowest BCUT2D eigenvalue weighted by Crippen LogP contribution is -2.20. The van der Waals surface area contributed by atoms with Crippen LogP contribution < -0.4 is 5.32 Å². The van der Waals surface area contributed by atoms with E-state index in [0.717, 1.165) is 24.8 Å². The second kappa shape index (κ2) is 4.39. The Bertz CT molecular complexity index is 263. The third-order valence-corrected chi connectivity index (χ3v) is 3.41. The van der Waals surface area contributed by atoms with Crippen LogP contribution in [-0.2, 0) is 4.79 Å². The number of hydrogen-bond donors (Lipinski definition) is 1. The Hall–Kier alpha value is -0.440. The molecule has 1 N–H and O–H groups in total. The maximum absolute atomic E-state index is 11.5. The Morgan fingerprint density at radius 2 is 2.00 bits per heavy atom. The molecule has 1 aliphatic carbocycles. The number of likely N-dealkylation sites (N-methyl/N-ethyl adjacent to an activating group) is 1. The Morgan fingerprint density at radius 3 is 2.50 bits per heavy atom. The average Bonchev–Trinajstić information content (AvgIpc) is 2.48. The van der Waals surface area contributed by atoms with E-state index in [2.05, 4.69) is 26.1 Å². The predicted octanol–water partition coefficient (Wildman–Crippen LogP) is 2.70. The van der Waals surface area contributed by atoms with Gasteiger partial charge in [-0.3, -0.25) is 4.79 Å². The van der Waals surface area contributed by atoms with Gasteiger partial charge in [-0.25, -0.2) is 0 Å². The minimum absolute atomic E-state index is 0.106. The second-order valence-electron chi connectivity index (χ2n) is 4.55. The number of hydrogen-bond acceptors (Lipinski definition) is 2. The molecule has 0 fully saturated rings. The normalized spacial score (nSPS) is 17.4. The first-order chi connectivity index (χ1) is 6.44. The molecule has 0 aromatic carbocycles. The van der Waals surface area contributed by atoms with Crippen molar-refractivity contribution >= 4 is 17.7 Å². The van der Waals surface area contributed by atoms with Crippen molar-refractivity contribution in [1.29, 1.82) is 0 Å². The fourth-order valence-electron chi connectivity index (χ4n) is 1.59. The van der Waals surface area contributed by atoms with Crippen molar-refractivity contribution in [2.75, 3.05) is 7.05 Å². The van der Waals surface area contributed by atoms with Gasteiger partial charge in [-0.05, 0) is 24.2 Å². The van der Waals surface area contributed by atoms with Crippen molar-refractivity contribution in [2.45, 2.75) is 44.8 Å². The Balaban J connectivity index is 2.78. The van der Waals surface area contributed by atoms with Crippen LogP contribution >= 0.6 is 11.8 Å². The Labute approximate surface area is 90.5 Å². The van der Waals surface area contributed by atoms with Gasteiger partial charge in [-0.15, -0.1) is 11.8 Å². The molecular formula is C11H19NOS. The number of amides is 1. The molecule has 0 heterocycles. The van der Waals surface area contributed by atoms with Crippen LogP contribution in [0.25, 0.3) is 0 Å². The number of thioether (sulfide) groups is 1. The highest BCUT2D eigenvalue weighted by atomic mass is 32.2. The largest absolute Gasteiger partial charge is 0.355 e. The number of nitrogens with one attached hydrogen (secondary N) is 1. The van der Waals surface area contributed by atoms with Crippen LogP contribution in [0.5, 0.6) is 0 Å². The quantitative estimate of drug-likeness (QED) is 0.764. The van der Waals surface area contributed by atoms with Crippen LogP contribution in [0.1, 0.15) is 40.0 Å². The summed E-state index contributed by atoms with van der Waals surface area (Å²) in [6, 6.07) is 0. The molecule has 0 bridgehead atoms. The van der Waals surface area contributed by atoms with E-state index >= 15 is 0 Å². The first kappa shape index (κ1) is 11.6. The average molecular weight is 213 g/mol. The summed E-state index contributed by atoms with van der Waals surface area (Å²) in [5, 5.41) is 2.71. The maximum atomic E-state index is 11.5. The number of rotatable bonds is 2. The Kier molecular flexibility index (Phi) is 3.65. The molecule has 3 heteroatoms. The summed E-state index contributed by atoms with van der Waals surface area (Å²) in [7, 11) is 1.70. The summed E-state index contributed by atoms with van der Waals surface area (Å²) in [4.78, 5) is 12.8. The van der Waals surface area contributed by atoms with Gasteiger partial charge < -0.3 is 5.32 Å². The van der Waals surface area contributed by atoms with E-state index < -0.39 is 0 Å². The zero-order valence-corrected chi connectivity index (χ0v) is 10.3. The molecule has 0 unspecified atom stereocenters. The van der Waals surface area contributed by atoms with Gasteiger partial charge in [0.2, 0.25) is 5.91 Å². The highest BCUT2D eigenvalue weighted by Crippen LogP contribution is 2.40. The van der Waals surface area contributed by atoms with Crippen molar-refractivity contribution in [3.05, 3.63) is 10.5 Å². The van der Waals surface area contributed by atoms with Crippen LogP contribution in [0, 0.1) is 0 Å². The molecule has 1 rings (SSSR count). The Morgan fingerprint density at radius 1 is 1.36 bits per heavy atom. The molecule has 0 saturated carbocycles. The van der Waals surface area contributed by atoms with Gasteiger partial charge in [0, 0.05) is 17.4 Å². The van der Waals surface area contributed by atoms with Gasteiger partial charge in [0.1, 0.15) is 0 Å². The third kappa shape index (κ3) is 3.05. The topological polar surface area (TPSA) is 29.1 Å². The molecule has 14 heavy (non-hydrogen) atoms. The summed E-state index contributed by atoms with van der Waals surface area (Å²) in [5.74, 6) is 0.106. The van der Waals surface area contributed by atoms with Crippen LogP contribution in [0.2, 0.25) is 0 Å². The van der Waals surface area contributed by atoms with Crippen molar-refractivity contribution in [1.82, 2.24) is 5.32 Å². The van der Waals surface area contributed by atoms with E-state index in [0.29, 0.717) is 0 Å². The van der Waals surface area contributed by atoms with Crippen molar-refractivity contribution < 1.29 is 4.79 Å². The van der Waals surface area contributed by atoms with Gasteiger partial charge in [-0.2, -0.15) is 0 Å². The molecule has 2 nitrogen and oxygen atoms in total. The number of carbonyl (C=O) groups is 1. The van der Waals surface area contributed by atoms with E-state index in [1.54, 1.807) is 7.05 Å². The highest BCUT2D eigenvalue weighted by Gasteiger charge is 2.24. The van der Waals surface area contributed by atoms with E-state index in [1.165, 1.54) is 4.91 Å². The molecule has 0 aromatic rings. The molecule has 0 spiro atoms. The fourth-order valence-corrected chi connectivity index (χ4v) is 2.89. The summed E-state index contributed by atoms with van der Waals surface area (Å²) >= 11 is 1.83. The summed E-state index contributed by atoms with van der Waals surface area (Å²) in [6.45, 7) is 6.55. The fraction of sp³-hybridized carbons (Fsp3) is 0.727. The molecule has 0 radical (unpaired) electrons. The molecular weight excluding hydrogens is 194 g/mol. The highest BCUT2D eigenvalue weighted by molar-refractivity contribution is 8.04. The van der Waals surface area contributed by atoms with E-state index in [4.69, 9.17) is 0 Å². The van der Waals surface area contributed by atoms with Crippen LogP contribution in [0.15, 0.2) is 10.5 Å². The lowest BCUT2D eigenvalue weighted by molar-refractivity contribution is -0.117. The number of carbonyl (C=O) groups excluding carboxylic acids is 1. The zero-order chi connectivity index (χ0) is 10.8.